The number of methoxy groups -OCH3 is 1. The van der Waals surface area contributed by atoms with Crippen molar-refractivity contribution in [2.45, 2.75) is 0 Å². The van der Waals surface area contributed by atoms with Crippen LogP contribution in [-0.2, 0) is 4.79 Å². The molecule has 32 heavy (non-hydrogen) atoms. The maximum atomic E-state index is 12.3. The molecule has 0 aliphatic carbocycles. The van der Waals surface area contributed by atoms with Crippen molar-refractivity contribution in [2.75, 3.05) is 13.7 Å². The summed E-state index contributed by atoms with van der Waals surface area (Å²) in [7, 11) is 1.45. The summed E-state index contributed by atoms with van der Waals surface area (Å²) in [5.74, 6) is 0.0515. The fourth-order valence-electron chi connectivity index (χ4n) is 2.51. The predicted octanol–water partition coefficient (Wildman–Crippen LogP) is 4.75. The van der Waals surface area contributed by atoms with E-state index in [9.17, 15) is 9.59 Å². The third-order valence-corrected chi connectivity index (χ3v) is 4.53. The van der Waals surface area contributed by atoms with E-state index in [1.807, 2.05) is 0 Å². The molecule has 3 aromatic rings. The second-order valence-corrected chi connectivity index (χ2v) is 7.22. The molecule has 0 fully saturated rings. The Labute approximate surface area is 194 Å². The minimum absolute atomic E-state index is 0.222. The minimum atomic E-state index is -0.548. The number of hydrogen-bond donors (Lipinski definition) is 1. The van der Waals surface area contributed by atoms with Gasteiger partial charge in [0.25, 0.3) is 5.91 Å². The minimum Gasteiger partial charge on any atom is -0.493 e. The van der Waals surface area contributed by atoms with E-state index in [4.69, 9.17) is 37.4 Å². The SMILES string of the molecule is COc1cc(C=NNC(=O)COc2cccc(Cl)c2)ccc1OC(=O)c1ccc(Cl)cc1. The Morgan fingerprint density at radius 3 is 2.47 bits per heavy atom. The third kappa shape index (κ3) is 6.73. The van der Waals surface area contributed by atoms with Crippen LogP contribution in [0.5, 0.6) is 17.2 Å². The zero-order valence-electron chi connectivity index (χ0n) is 16.9. The monoisotopic (exact) mass is 472 g/mol. The summed E-state index contributed by atoms with van der Waals surface area (Å²) in [4.78, 5) is 24.2. The number of esters is 1. The van der Waals surface area contributed by atoms with Crippen LogP contribution < -0.4 is 19.6 Å². The van der Waals surface area contributed by atoms with Gasteiger partial charge >= 0.3 is 5.97 Å². The van der Waals surface area contributed by atoms with Crippen LogP contribution in [0.3, 0.4) is 0 Å². The number of rotatable bonds is 8. The molecule has 0 bridgehead atoms. The second kappa shape index (κ2) is 11.2. The van der Waals surface area contributed by atoms with Gasteiger partial charge in [0.15, 0.2) is 18.1 Å². The number of carbonyl (C=O) groups is 2. The topological polar surface area (TPSA) is 86.2 Å². The Bertz CT molecular complexity index is 1130. The molecule has 7 nitrogen and oxygen atoms in total. The molecule has 3 rings (SSSR count). The van der Waals surface area contributed by atoms with E-state index in [0.29, 0.717) is 32.7 Å². The van der Waals surface area contributed by atoms with Gasteiger partial charge in [0.2, 0.25) is 0 Å². The zero-order chi connectivity index (χ0) is 22.9. The molecular formula is C23H18Cl2N2O5. The Morgan fingerprint density at radius 2 is 1.75 bits per heavy atom. The molecule has 0 spiro atoms. The Morgan fingerprint density at radius 1 is 0.969 bits per heavy atom. The number of halogens is 2. The maximum Gasteiger partial charge on any atom is 0.343 e. The number of nitrogens with zero attached hydrogens (tertiary/aromatic N) is 1. The first-order valence-corrected chi connectivity index (χ1v) is 10.1. The zero-order valence-corrected chi connectivity index (χ0v) is 18.4. The lowest BCUT2D eigenvalue weighted by Crippen LogP contribution is -2.24. The summed E-state index contributed by atoms with van der Waals surface area (Å²) in [6.07, 6.45) is 1.42. The smallest absolute Gasteiger partial charge is 0.343 e. The van der Waals surface area contributed by atoms with E-state index >= 15 is 0 Å². The van der Waals surface area contributed by atoms with Crippen molar-refractivity contribution in [3.63, 3.8) is 0 Å². The highest BCUT2D eigenvalue weighted by molar-refractivity contribution is 6.31. The summed E-state index contributed by atoms with van der Waals surface area (Å²) in [6, 6.07) is 17.9. The first-order chi connectivity index (χ1) is 15.4. The van der Waals surface area contributed by atoms with Crippen molar-refractivity contribution in [2.24, 2.45) is 5.10 Å². The van der Waals surface area contributed by atoms with Crippen LogP contribution in [0.2, 0.25) is 10.0 Å². The quantitative estimate of drug-likeness (QED) is 0.221. The fourth-order valence-corrected chi connectivity index (χ4v) is 2.82. The number of benzene rings is 3. The van der Waals surface area contributed by atoms with Gasteiger partial charge in [-0.3, -0.25) is 4.79 Å². The Kier molecular flexibility index (Phi) is 8.08. The molecule has 1 amide bonds. The number of nitrogens with one attached hydrogen (secondary N) is 1. The molecule has 0 aliphatic rings. The summed E-state index contributed by atoms with van der Waals surface area (Å²) in [5.41, 5.74) is 3.33. The van der Waals surface area contributed by atoms with Crippen molar-refractivity contribution >= 4 is 41.3 Å². The Balaban J connectivity index is 1.56. The fraction of sp³-hybridized carbons (Fsp3) is 0.0870. The lowest BCUT2D eigenvalue weighted by Gasteiger charge is -2.10. The summed E-state index contributed by atoms with van der Waals surface area (Å²) in [5, 5.41) is 4.92. The molecule has 164 valence electrons. The largest absolute Gasteiger partial charge is 0.493 e. The molecule has 0 atom stereocenters. The second-order valence-electron chi connectivity index (χ2n) is 6.35. The van der Waals surface area contributed by atoms with E-state index in [0.717, 1.165) is 0 Å². The number of hydrogen-bond acceptors (Lipinski definition) is 6. The van der Waals surface area contributed by atoms with E-state index in [1.165, 1.54) is 13.3 Å². The highest BCUT2D eigenvalue weighted by Crippen LogP contribution is 2.28. The van der Waals surface area contributed by atoms with Crippen LogP contribution in [0.25, 0.3) is 0 Å². The van der Waals surface area contributed by atoms with Gasteiger partial charge in [0.1, 0.15) is 5.75 Å². The average Bonchev–Trinajstić information content (AvgIpc) is 2.79. The maximum absolute atomic E-state index is 12.3. The number of amides is 1. The van der Waals surface area contributed by atoms with Crippen molar-refractivity contribution in [3.8, 4) is 17.2 Å². The molecule has 1 N–H and O–H groups in total. The molecular weight excluding hydrogens is 455 g/mol. The lowest BCUT2D eigenvalue weighted by atomic mass is 10.2. The van der Waals surface area contributed by atoms with Gasteiger partial charge in [-0.25, -0.2) is 10.2 Å². The normalized spacial score (nSPS) is 10.6. The van der Waals surface area contributed by atoms with Crippen molar-refractivity contribution < 1.29 is 23.8 Å². The molecule has 0 saturated heterocycles. The Hall–Kier alpha value is -3.55. The number of ether oxygens (including phenoxy) is 3. The van der Waals surface area contributed by atoms with Crippen LogP contribution in [0.1, 0.15) is 15.9 Å². The van der Waals surface area contributed by atoms with E-state index in [2.05, 4.69) is 10.5 Å². The molecule has 0 aliphatic heterocycles. The lowest BCUT2D eigenvalue weighted by molar-refractivity contribution is -0.123. The van der Waals surface area contributed by atoms with Gasteiger partial charge in [-0.05, 0) is 66.2 Å². The van der Waals surface area contributed by atoms with Crippen LogP contribution >= 0.6 is 23.2 Å². The van der Waals surface area contributed by atoms with Gasteiger partial charge in [0.05, 0.1) is 18.9 Å². The molecule has 0 saturated carbocycles. The standard InChI is InChI=1S/C23H18Cl2N2O5/c1-30-21-11-15(5-10-20(21)32-23(29)16-6-8-17(24)9-7-16)13-26-27-22(28)14-31-19-4-2-3-18(25)12-19/h2-13H,14H2,1H3,(H,27,28). The van der Waals surface area contributed by atoms with Crippen LogP contribution in [0.15, 0.2) is 71.8 Å². The van der Waals surface area contributed by atoms with E-state index < -0.39 is 11.9 Å². The van der Waals surface area contributed by atoms with Crippen LogP contribution in [0.4, 0.5) is 0 Å². The first-order valence-electron chi connectivity index (χ1n) is 9.30. The van der Waals surface area contributed by atoms with Gasteiger partial charge in [-0.15, -0.1) is 0 Å². The summed E-state index contributed by atoms with van der Waals surface area (Å²) in [6.45, 7) is -0.222. The highest BCUT2D eigenvalue weighted by Gasteiger charge is 2.13. The molecule has 0 aromatic heterocycles. The van der Waals surface area contributed by atoms with Crippen LogP contribution in [0, 0.1) is 0 Å². The van der Waals surface area contributed by atoms with Crippen molar-refractivity contribution in [3.05, 3.63) is 87.9 Å². The molecule has 9 heteroatoms. The number of hydrazone groups is 1. The molecule has 0 heterocycles. The molecule has 3 aromatic carbocycles. The molecule has 0 radical (unpaired) electrons. The third-order valence-electron chi connectivity index (χ3n) is 4.04. The first kappa shape index (κ1) is 23.1. The molecule has 0 unspecified atom stereocenters. The van der Waals surface area contributed by atoms with E-state index in [1.54, 1.807) is 66.7 Å². The van der Waals surface area contributed by atoms with Crippen molar-refractivity contribution in [1.29, 1.82) is 0 Å². The number of carbonyl (C=O) groups excluding carboxylic acids is 2. The summed E-state index contributed by atoms with van der Waals surface area (Å²) >= 11 is 11.7. The highest BCUT2D eigenvalue weighted by atomic mass is 35.5. The van der Waals surface area contributed by atoms with Gasteiger partial charge < -0.3 is 14.2 Å². The van der Waals surface area contributed by atoms with Crippen LogP contribution in [-0.4, -0.2) is 31.8 Å². The van der Waals surface area contributed by atoms with Gasteiger partial charge in [0, 0.05) is 10.0 Å². The van der Waals surface area contributed by atoms with Gasteiger partial charge in [-0.1, -0.05) is 29.3 Å². The summed E-state index contributed by atoms with van der Waals surface area (Å²) < 4.78 is 16.0. The van der Waals surface area contributed by atoms with Crippen molar-refractivity contribution in [1.82, 2.24) is 5.43 Å². The average molecular weight is 473 g/mol. The van der Waals surface area contributed by atoms with Gasteiger partial charge in [-0.2, -0.15) is 5.10 Å². The van der Waals surface area contributed by atoms with E-state index in [-0.39, 0.29) is 12.4 Å². The predicted molar refractivity (Wildman–Crippen MR) is 122 cm³/mol.